The Bertz CT molecular complexity index is 977. The number of nitro groups is 1. The Labute approximate surface area is 156 Å². The topological polar surface area (TPSA) is 81.5 Å². The zero-order valence-electron chi connectivity index (χ0n) is 14.9. The van der Waals surface area contributed by atoms with Crippen molar-refractivity contribution in [3.63, 3.8) is 0 Å². The lowest BCUT2D eigenvalue weighted by Gasteiger charge is -2.09. The van der Waals surface area contributed by atoms with Crippen molar-refractivity contribution in [1.82, 2.24) is 0 Å². The maximum absolute atomic E-state index is 12.3. The maximum Gasteiger partial charge on any atom is 0.282 e. The third-order valence-corrected chi connectivity index (χ3v) is 3.89. The molecule has 0 bridgehead atoms. The van der Waals surface area contributed by atoms with Crippen LogP contribution in [0.15, 0.2) is 66.7 Å². The number of hydrogen-bond acceptors (Lipinski definition) is 4. The van der Waals surface area contributed by atoms with E-state index in [-0.39, 0.29) is 11.3 Å². The number of nitrogens with one attached hydrogen (secondary N) is 1. The van der Waals surface area contributed by atoms with Crippen LogP contribution in [0.5, 0.6) is 11.5 Å². The second kappa shape index (κ2) is 7.70. The number of anilines is 1. The summed E-state index contributed by atoms with van der Waals surface area (Å²) >= 11 is 0. The second-order valence-corrected chi connectivity index (χ2v) is 6.18. The van der Waals surface area contributed by atoms with Crippen LogP contribution in [0.2, 0.25) is 0 Å². The van der Waals surface area contributed by atoms with Crippen molar-refractivity contribution >= 4 is 17.3 Å². The number of aryl methyl sites for hydroxylation is 2. The van der Waals surface area contributed by atoms with Crippen molar-refractivity contribution in [3.8, 4) is 11.5 Å². The number of rotatable bonds is 5. The van der Waals surface area contributed by atoms with E-state index in [1.807, 2.05) is 26.0 Å². The van der Waals surface area contributed by atoms with E-state index in [4.69, 9.17) is 4.74 Å². The third-order valence-electron chi connectivity index (χ3n) is 3.89. The number of carbonyl (C=O) groups excluding carboxylic acids is 1. The summed E-state index contributed by atoms with van der Waals surface area (Å²) in [4.78, 5) is 22.8. The smallest absolute Gasteiger partial charge is 0.282 e. The van der Waals surface area contributed by atoms with Crippen molar-refractivity contribution in [2.24, 2.45) is 0 Å². The van der Waals surface area contributed by atoms with Crippen molar-refractivity contribution in [2.45, 2.75) is 13.8 Å². The number of carbonyl (C=O) groups is 1. The van der Waals surface area contributed by atoms with Crippen molar-refractivity contribution in [2.75, 3.05) is 5.32 Å². The van der Waals surface area contributed by atoms with Gasteiger partial charge in [0, 0.05) is 11.8 Å². The maximum atomic E-state index is 12.3. The fourth-order valence-corrected chi connectivity index (χ4v) is 2.76. The second-order valence-electron chi connectivity index (χ2n) is 6.18. The number of amides is 1. The molecule has 6 nitrogen and oxygen atoms in total. The lowest BCUT2D eigenvalue weighted by Crippen LogP contribution is -2.13. The molecule has 3 aromatic carbocycles. The van der Waals surface area contributed by atoms with E-state index in [0.29, 0.717) is 11.4 Å². The quantitative estimate of drug-likeness (QED) is 0.496. The van der Waals surface area contributed by atoms with E-state index < -0.39 is 10.8 Å². The average molecular weight is 362 g/mol. The zero-order chi connectivity index (χ0) is 19.4. The molecule has 3 aromatic rings. The van der Waals surface area contributed by atoms with Gasteiger partial charge in [-0.05, 0) is 67.4 Å². The molecule has 0 heterocycles. The summed E-state index contributed by atoms with van der Waals surface area (Å²) in [6.07, 6.45) is 0. The molecule has 6 heteroatoms. The molecule has 0 saturated carbocycles. The lowest BCUT2D eigenvalue weighted by atomic mass is 10.1. The summed E-state index contributed by atoms with van der Waals surface area (Å²) in [7, 11) is 0. The molecule has 0 radical (unpaired) electrons. The first-order valence-electron chi connectivity index (χ1n) is 8.33. The van der Waals surface area contributed by atoms with Gasteiger partial charge in [-0.15, -0.1) is 0 Å². The number of para-hydroxylation sites is 1. The average Bonchev–Trinajstić information content (AvgIpc) is 2.62. The van der Waals surface area contributed by atoms with Crippen LogP contribution in [0.4, 0.5) is 11.4 Å². The molecule has 0 spiro atoms. The molecule has 0 aromatic heterocycles. The Morgan fingerprint density at radius 2 is 1.56 bits per heavy atom. The molecule has 0 unspecified atom stereocenters. The summed E-state index contributed by atoms with van der Waals surface area (Å²) in [6.45, 7) is 4.00. The van der Waals surface area contributed by atoms with Gasteiger partial charge in [0.2, 0.25) is 0 Å². The molecule has 136 valence electrons. The number of benzene rings is 3. The lowest BCUT2D eigenvalue weighted by molar-refractivity contribution is -0.385. The first kappa shape index (κ1) is 18.1. The minimum Gasteiger partial charge on any atom is -0.457 e. The van der Waals surface area contributed by atoms with E-state index in [1.165, 1.54) is 18.2 Å². The number of nitro benzene ring substituents is 1. The van der Waals surface area contributed by atoms with Gasteiger partial charge in [-0.25, -0.2) is 0 Å². The van der Waals surface area contributed by atoms with Crippen LogP contribution in [-0.2, 0) is 0 Å². The first-order valence-corrected chi connectivity index (χ1v) is 8.33. The molecule has 3 rings (SSSR count). The van der Waals surface area contributed by atoms with Crippen LogP contribution in [0.25, 0.3) is 0 Å². The molecule has 0 fully saturated rings. The summed E-state index contributed by atoms with van der Waals surface area (Å²) in [5.74, 6) is 0.832. The van der Waals surface area contributed by atoms with Gasteiger partial charge in [0.1, 0.15) is 17.1 Å². The minimum atomic E-state index is -0.574. The van der Waals surface area contributed by atoms with Crippen LogP contribution in [0, 0.1) is 24.0 Å². The third kappa shape index (κ3) is 4.49. The van der Waals surface area contributed by atoms with Gasteiger partial charge in [-0.1, -0.05) is 18.2 Å². The highest BCUT2D eigenvalue weighted by molar-refractivity contribution is 6.07. The molecule has 0 aliphatic rings. The van der Waals surface area contributed by atoms with E-state index >= 15 is 0 Å². The molecular formula is C21H18N2O4. The fraction of sp³-hybridized carbons (Fsp3) is 0.0952. The Morgan fingerprint density at radius 3 is 2.19 bits per heavy atom. The van der Waals surface area contributed by atoms with Crippen LogP contribution in [0.3, 0.4) is 0 Å². The van der Waals surface area contributed by atoms with Gasteiger partial charge >= 0.3 is 0 Å². The highest BCUT2D eigenvalue weighted by Crippen LogP contribution is 2.26. The predicted molar refractivity (Wildman–Crippen MR) is 103 cm³/mol. The van der Waals surface area contributed by atoms with Gasteiger partial charge in [-0.3, -0.25) is 14.9 Å². The van der Waals surface area contributed by atoms with Crippen molar-refractivity contribution < 1.29 is 14.5 Å². The van der Waals surface area contributed by atoms with E-state index in [1.54, 1.807) is 30.3 Å². The first-order chi connectivity index (χ1) is 12.9. The molecule has 0 aliphatic heterocycles. The molecule has 0 aliphatic carbocycles. The summed E-state index contributed by atoms with van der Waals surface area (Å²) in [5, 5.41) is 13.7. The largest absolute Gasteiger partial charge is 0.457 e. The van der Waals surface area contributed by atoms with Crippen LogP contribution < -0.4 is 10.1 Å². The number of nitrogens with zero attached hydrogens (tertiary/aromatic N) is 1. The Balaban J connectivity index is 1.72. The molecule has 1 amide bonds. The number of ether oxygens (including phenoxy) is 1. The molecular weight excluding hydrogens is 344 g/mol. The highest BCUT2D eigenvalue weighted by Gasteiger charge is 2.19. The van der Waals surface area contributed by atoms with Crippen molar-refractivity contribution in [1.29, 1.82) is 0 Å². The van der Waals surface area contributed by atoms with E-state index in [2.05, 4.69) is 11.4 Å². The van der Waals surface area contributed by atoms with Gasteiger partial charge in [0.25, 0.3) is 11.6 Å². The Morgan fingerprint density at radius 1 is 0.926 bits per heavy atom. The minimum absolute atomic E-state index is 0.0121. The molecule has 1 N–H and O–H groups in total. The summed E-state index contributed by atoms with van der Waals surface area (Å²) in [5.41, 5.74) is 2.52. The standard InChI is InChI=1S/C21H18N2O4/c1-14-11-15(2)13-18(12-14)27-17-9-7-16(8-10-17)22-21(24)19-5-3-4-6-20(19)23(25)26/h3-13H,1-2H3,(H,22,24). The van der Waals surface area contributed by atoms with Gasteiger partial charge in [0.05, 0.1) is 4.92 Å². The fourth-order valence-electron chi connectivity index (χ4n) is 2.76. The van der Waals surface area contributed by atoms with Crippen LogP contribution in [-0.4, -0.2) is 10.8 Å². The monoisotopic (exact) mass is 362 g/mol. The van der Waals surface area contributed by atoms with Gasteiger partial charge in [0.15, 0.2) is 0 Å². The van der Waals surface area contributed by atoms with E-state index in [9.17, 15) is 14.9 Å². The van der Waals surface area contributed by atoms with Crippen LogP contribution >= 0.6 is 0 Å². The van der Waals surface area contributed by atoms with Crippen molar-refractivity contribution in [3.05, 3.63) is 93.5 Å². The molecule has 0 saturated heterocycles. The molecule has 27 heavy (non-hydrogen) atoms. The normalized spacial score (nSPS) is 10.3. The highest BCUT2D eigenvalue weighted by atomic mass is 16.6. The molecule has 0 atom stereocenters. The Hall–Kier alpha value is -3.67. The van der Waals surface area contributed by atoms with Gasteiger partial charge in [-0.2, -0.15) is 0 Å². The zero-order valence-corrected chi connectivity index (χ0v) is 14.9. The Kier molecular flexibility index (Phi) is 5.17. The SMILES string of the molecule is Cc1cc(C)cc(Oc2ccc(NC(=O)c3ccccc3[N+](=O)[O-])cc2)c1. The van der Waals surface area contributed by atoms with Crippen LogP contribution in [0.1, 0.15) is 21.5 Å². The van der Waals surface area contributed by atoms with E-state index in [0.717, 1.165) is 16.9 Å². The number of hydrogen-bond donors (Lipinski definition) is 1. The summed E-state index contributed by atoms with van der Waals surface area (Å²) < 4.78 is 5.83. The summed E-state index contributed by atoms with van der Waals surface area (Å²) in [6, 6.07) is 18.6. The van der Waals surface area contributed by atoms with Gasteiger partial charge < -0.3 is 10.1 Å². The predicted octanol–water partition coefficient (Wildman–Crippen LogP) is 5.26.